The van der Waals surface area contributed by atoms with Gasteiger partial charge in [-0.05, 0) is 67.8 Å². The minimum atomic E-state index is -3.52. The highest BCUT2D eigenvalue weighted by atomic mass is 32.2. The predicted molar refractivity (Wildman–Crippen MR) is 116 cm³/mol. The number of aryl methyl sites for hydroxylation is 2. The summed E-state index contributed by atoms with van der Waals surface area (Å²) in [7, 11) is -3.52. The molecule has 0 heterocycles. The van der Waals surface area contributed by atoms with Gasteiger partial charge in [0, 0.05) is 18.8 Å². The van der Waals surface area contributed by atoms with E-state index in [0.717, 1.165) is 11.1 Å². The van der Waals surface area contributed by atoms with Gasteiger partial charge in [-0.1, -0.05) is 26.8 Å². The van der Waals surface area contributed by atoms with Gasteiger partial charge < -0.3 is 10.1 Å². The first-order chi connectivity index (χ1) is 13.7. The monoisotopic (exact) mass is 418 g/mol. The van der Waals surface area contributed by atoms with Gasteiger partial charge in [0.05, 0.1) is 4.90 Å². The molecule has 0 bridgehead atoms. The van der Waals surface area contributed by atoms with Crippen molar-refractivity contribution in [2.75, 3.05) is 18.4 Å². The number of carbonyl (C=O) groups is 1. The Bertz CT molecular complexity index is 936. The van der Waals surface area contributed by atoms with E-state index in [9.17, 15) is 13.2 Å². The molecule has 2 aromatic rings. The number of sulfonamides is 1. The van der Waals surface area contributed by atoms with E-state index < -0.39 is 16.1 Å². The molecule has 1 N–H and O–H groups in total. The molecule has 0 aromatic heterocycles. The van der Waals surface area contributed by atoms with Crippen molar-refractivity contribution >= 4 is 21.6 Å². The second-order valence-corrected chi connectivity index (χ2v) is 8.80. The number of hydrogen-bond donors (Lipinski definition) is 1. The topological polar surface area (TPSA) is 75.7 Å². The molecule has 0 spiro atoms. The van der Waals surface area contributed by atoms with Crippen molar-refractivity contribution in [3.63, 3.8) is 0 Å². The van der Waals surface area contributed by atoms with Crippen molar-refractivity contribution < 1.29 is 17.9 Å². The number of nitrogens with one attached hydrogen (secondary N) is 1. The lowest BCUT2D eigenvalue weighted by Gasteiger charge is -2.19. The van der Waals surface area contributed by atoms with Gasteiger partial charge in [0.15, 0.2) is 6.10 Å². The maximum absolute atomic E-state index is 12.6. The normalized spacial score (nSPS) is 12.6. The van der Waals surface area contributed by atoms with Crippen LogP contribution in [0.3, 0.4) is 0 Å². The lowest BCUT2D eigenvalue weighted by molar-refractivity contribution is -0.122. The molecule has 0 unspecified atom stereocenters. The first-order valence-electron chi connectivity index (χ1n) is 9.87. The lowest BCUT2D eigenvalue weighted by atomic mass is 10.1. The molecule has 0 radical (unpaired) electrons. The molecule has 0 saturated heterocycles. The number of rotatable bonds is 9. The zero-order valence-corrected chi connectivity index (χ0v) is 18.5. The van der Waals surface area contributed by atoms with Crippen LogP contribution >= 0.6 is 0 Å². The zero-order valence-electron chi connectivity index (χ0n) is 17.7. The number of hydrogen-bond acceptors (Lipinski definition) is 4. The summed E-state index contributed by atoms with van der Waals surface area (Å²) in [5, 5.41) is 2.80. The van der Waals surface area contributed by atoms with E-state index in [1.807, 2.05) is 39.0 Å². The van der Waals surface area contributed by atoms with E-state index >= 15 is 0 Å². The van der Waals surface area contributed by atoms with E-state index in [1.165, 1.54) is 16.4 Å². The van der Waals surface area contributed by atoms with Crippen molar-refractivity contribution in [1.29, 1.82) is 0 Å². The first kappa shape index (κ1) is 22.9. The average molecular weight is 419 g/mol. The Labute approximate surface area is 173 Å². The Morgan fingerprint density at radius 2 is 1.62 bits per heavy atom. The molecule has 6 nitrogen and oxygen atoms in total. The summed E-state index contributed by atoms with van der Waals surface area (Å²) >= 11 is 0. The van der Waals surface area contributed by atoms with Crippen molar-refractivity contribution in [3.8, 4) is 5.75 Å². The molecular formula is C22H30N2O4S. The second-order valence-electron chi connectivity index (χ2n) is 6.86. The molecule has 7 heteroatoms. The highest BCUT2D eigenvalue weighted by molar-refractivity contribution is 7.89. The molecule has 158 valence electrons. The molecule has 2 rings (SSSR count). The van der Waals surface area contributed by atoms with Gasteiger partial charge in [0.25, 0.3) is 5.91 Å². The molecule has 1 atom stereocenters. The zero-order chi connectivity index (χ0) is 21.6. The van der Waals surface area contributed by atoms with Crippen LogP contribution in [0.15, 0.2) is 47.4 Å². The van der Waals surface area contributed by atoms with Crippen molar-refractivity contribution in [2.45, 2.75) is 52.0 Å². The predicted octanol–water partition coefficient (Wildman–Crippen LogP) is 4.13. The Hall–Kier alpha value is -2.38. The fourth-order valence-electron chi connectivity index (χ4n) is 2.92. The summed E-state index contributed by atoms with van der Waals surface area (Å²) in [6.07, 6.45) is -0.135. The molecule has 0 aliphatic carbocycles. The molecule has 0 aliphatic rings. The Kier molecular flexibility index (Phi) is 7.81. The minimum Gasteiger partial charge on any atom is -0.481 e. The van der Waals surface area contributed by atoms with Crippen molar-refractivity contribution in [1.82, 2.24) is 4.31 Å². The molecule has 1 amide bonds. The van der Waals surface area contributed by atoms with Gasteiger partial charge in [-0.3, -0.25) is 4.79 Å². The maximum Gasteiger partial charge on any atom is 0.265 e. The minimum absolute atomic E-state index is 0.206. The average Bonchev–Trinajstić information content (AvgIpc) is 2.69. The summed E-state index contributed by atoms with van der Waals surface area (Å²) in [4.78, 5) is 12.8. The number of carbonyl (C=O) groups excluding carboxylic acids is 1. The quantitative estimate of drug-likeness (QED) is 0.664. The number of anilines is 1. The van der Waals surface area contributed by atoms with E-state index in [0.29, 0.717) is 30.9 Å². The summed E-state index contributed by atoms with van der Waals surface area (Å²) in [5.74, 6) is 0.376. The summed E-state index contributed by atoms with van der Waals surface area (Å²) in [6, 6.07) is 11.9. The number of benzene rings is 2. The summed E-state index contributed by atoms with van der Waals surface area (Å²) in [5.41, 5.74) is 2.79. The van der Waals surface area contributed by atoms with Crippen molar-refractivity contribution in [2.24, 2.45) is 0 Å². The van der Waals surface area contributed by atoms with Gasteiger partial charge in [-0.25, -0.2) is 8.42 Å². The highest BCUT2D eigenvalue weighted by Crippen LogP contribution is 2.21. The standard InChI is InChI=1S/C22H30N2O4S/c1-6-21(28-19-12-9-16(4)17(5)15-19)22(25)23-18-10-13-20(14-11-18)29(26,27)24(7-2)8-3/h9-15,21H,6-8H2,1-5H3,(H,23,25)/t21-/m1/s1. The number of nitrogens with zero attached hydrogens (tertiary/aromatic N) is 1. The van der Waals surface area contributed by atoms with Crippen LogP contribution in [-0.2, 0) is 14.8 Å². The molecule has 0 fully saturated rings. The van der Waals surface area contributed by atoms with Gasteiger partial charge in [0.1, 0.15) is 5.75 Å². The molecule has 0 saturated carbocycles. The van der Waals surface area contributed by atoms with Gasteiger partial charge in [-0.15, -0.1) is 0 Å². The fraction of sp³-hybridized carbons (Fsp3) is 0.409. The van der Waals surface area contributed by atoms with Crippen LogP contribution in [0.5, 0.6) is 5.75 Å². The first-order valence-corrected chi connectivity index (χ1v) is 11.3. The number of ether oxygens (including phenoxy) is 1. The van der Waals surface area contributed by atoms with Gasteiger partial charge in [-0.2, -0.15) is 4.31 Å². The largest absolute Gasteiger partial charge is 0.481 e. The van der Waals surface area contributed by atoms with E-state index in [4.69, 9.17) is 4.74 Å². The van der Waals surface area contributed by atoms with Crippen LogP contribution in [-0.4, -0.2) is 37.8 Å². The molecular weight excluding hydrogens is 388 g/mol. The molecule has 2 aromatic carbocycles. The third kappa shape index (κ3) is 5.58. The second kappa shape index (κ2) is 9.89. The van der Waals surface area contributed by atoms with Crippen molar-refractivity contribution in [3.05, 3.63) is 53.6 Å². The van der Waals surface area contributed by atoms with Crippen LogP contribution < -0.4 is 10.1 Å². The lowest BCUT2D eigenvalue weighted by Crippen LogP contribution is -2.32. The van der Waals surface area contributed by atoms with E-state index in [1.54, 1.807) is 26.0 Å². The fourth-order valence-corrected chi connectivity index (χ4v) is 4.38. The van der Waals surface area contributed by atoms with E-state index in [2.05, 4.69) is 5.32 Å². The Morgan fingerprint density at radius 3 is 2.14 bits per heavy atom. The summed E-state index contributed by atoms with van der Waals surface area (Å²) in [6.45, 7) is 10.3. The van der Waals surface area contributed by atoms with Crippen LogP contribution in [0.1, 0.15) is 38.3 Å². The Balaban J connectivity index is 2.09. The van der Waals surface area contributed by atoms with E-state index in [-0.39, 0.29) is 10.8 Å². The smallest absolute Gasteiger partial charge is 0.265 e. The van der Waals surface area contributed by atoms with Crippen LogP contribution in [0.25, 0.3) is 0 Å². The van der Waals surface area contributed by atoms with Crippen LogP contribution in [0.4, 0.5) is 5.69 Å². The number of amides is 1. The van der Waals surface area contributed by atoms with Gasteiger partial charge in [0.2, 0.25) is 10.0 Å². The van der Waals surface area contributed by atoms with Gasteiger partial charge >= 0.3 is 0 Å². The van der Waals surface area contributed by atoms with Crippen LogP contribution in [0, 0.1) is 13.8 Å². The maximum atomic E-state index is 12.6. The SMILES string of the molecule is CC[C@@H](Oc1ccc(C)c(C)c1)C(=O)Nc1ccc(S(=O)(=O)N(CC)CC)cc1. The summed E-state index contributed by atoms with van der Waals surface area (Å²) < 4.78 is 32.4. The molecule has 0 aliphatic heterocycles. The molecule has 29 heavy (non-hydrogen) atoms. The Morgan fingerprint density at radius 1 is 1.00 bits per heavy atom. The third-order valence-corrected chi connectivity index (χ3v) is 6.95. The third-order valence-electron chi connectivity index (χ3n) is 4.88. The van der Waals surface area contributed by atoms with Crippen LogP contribution in [0.2, 0.25) is 0 Å². The highest BCUT2D eigenvalue weighted by Gasteiger charge is 2.22.